The van der Waals surface area contributed by atoms with Crippen LogP contribution >= 0.6 is 0 Å². The first-order chi connectivity index (χ1) is 14.1. The van der Waals surface area contributed by atoms with E-state index >= 15 is 0 Å². The van der Waals surface area contributed by atoms with Crippen LogP contribution in [0.15, 0.2) is 60.9 Å². The predicted molar refractivity (Wildman–Crippen MR) is 106 cm³/mol. The molecule has 0 unspecified atom stereocenters. The third-order valence-corrected chi connectivity index (χ3v) is 5.67. The number of benzene rings is 2. The molecule has 2 aromatic carbocycles. The fourth-order valence-corrected chi connectivity index (χ4v) is 3.90. The van der Waals surface area contributed by atoms with E-state index < -0.39 is 5.41 Å². The van der Waals surface area contributed by atoms with Crippen LogP contribution in [0, 0.1) is 0 Å². The highest BCUT2D eigenvalue weighted by Gasteiger charge is 2.42. The lowest BCUT2D eigenvalue weighted by Gasteiger charge is -2.40. The molecule has 0 bridgehead atoms. The number of primary amides is 1. The van der Waals surface area contributed by atoms with Gasteiger partial charge in [0.2, 0.25) is 11.8 Å². The Bertz CT molecular complexity index is 978. The Morgan fingerprint density at radius 3 is 2.28 bits per heavy atom. The van der Waals surface area contributed by atoms with Crippen molar-refractivity contribution < 1.29 is 9.59 Å². The topological polar surface area (TPSA) is 107 Å². The van der Waals surface area contributed by atoms with Gasteiger partial charge in [-0.25, -0.2) is 4.68 Å². The number of rotatable bonds is 5. The van der Waals surface area contributed by atoms with Gasteiger partial charge in [-0.3, -0.25) is 9.59 Å². The van der Waals surface area contributed by atoms with Crippen LogP contribution in [0.25, 0.3) is 5.69 Å². The van der Waals surface area contributed by atoms with Crippen LogP contribution in [0.3, 0.4) is 0 Å². The van der Waals surface area contributed by atoms with Crippen molar-refractivity contribution in [3.63, 3.8) is 0 Å². The number of hydrogen-bond acceptors (Lipinski definition) is 5. The van der Waals surface area contributed by atoms with Crippen molar-refractivity contribution in [3.05, 3.63) is 72.1 Å². The number of carbonyl (C=O) groups excluding carboxylic acids is 2. The van der Waals surface area contributed by atoms with Gasteiger partial charge in [0, 0.05) is 13.1 Å². The maximum Gasteiger partial charge on any atom is 0.228 e. The van der Waals surface area contributed by atoms with Crippen LogP contribution in [-0.2, 0) is 21.4 Å². The minimum Gasteiger partial charge on any atom is -0.369 e. The minimum atomic E-state index is -0.703. The number of nitrogens with zero attached hydrogens (tertiary/aromatic N) is 5. The molecule has 1 fully saturated rings. The molecule has 3 aromatic rings. The van der Waals surface area contributed by atoms with Crippen LogP contribution in [0.4, 0.5) is 0 Å². The Morgan fingerprint density at radius 2 is 1.69 bits per heavy atom. The molecule has 29 heavy (non-hydrogen) atoms. The molecule has 1 aliphatic heterocycles. The van der Waals surface area contributed by atoms with E-state index in [-0.39, 0.29) is 11.8 Å². The van der Waals surface area contributed by atoms with Gasteiger partial charge in [0.05, 0.1) is 17.5 Å². The van der Waals surface area contributed by atoms with E-state index in [0.717, 1.165) is 16.8 Å². The second kappa shape index (κ2) is 7.83. The normalized spacial score (nSPS) is 15.8. The lowest BCUT2D eigenvalue weighted by atomic mass is 9.72. The van der Waals surface area contributed by atoms with Crippen molar-refractivity contribution in [2.24, 2.45) is 5.73 Å². The number of carbonyl (C=O) groups is 2. The van der Waals surface area contributed by atoms with Crippen molar-refractivity contribution in [1.82, 2.24) is 25.1 Å². The SMILES string of the molecule is NC(=O)C1(c2ccccc2)CCN(C(=O)Cc2ccc(-n3cnnn3)cc2)CC1. The highest BCUT2D eigenvalue weighted by Crippen LogP contribution is 2.35. The van der Waals surface area contributed by atoms with Crippen molar-refractivity contribution in [2.45, 2.75) is 24.7 Å². The quantitative estimate of drug-likeness (QED) is 0.706. The van der Waals surface area contributed by atoms with E-state index in [1.54, 1.807) is 4.68 Å². The largest absolute Gasteiger partial charge is 0.369 e. The summed E-state index contributed by atoms with van der Waals surface area (Å²) in [4.78, 5) is 26.9. The van der Waals surface area contributed by atoms with Crippen LogP contribution in [-0.4, -0.2) is 50.0 Å². The van der Waals surface area contributed by atoms with Gasteiger partial charge >= 0.3 is 0 Å². The summed E-state index contributed by atoms with van der Waals surface area (Å²) in [5.41, 5.74) is 7.75. The molecule has 148 valence electrons. The smallest absolute Gasteiger partial charge is 0.228 e. The molecule has 2 N–H and O–H groups in total. The van der Waals surface area contributed by atoms with Crippen molar-refractivity contribution in [2.75, 3.05) is 13.1 Å². The molecule has 0 radical (unpaired) electrons. The van der Waals surface area contributed by atoms with Crippen LogP contribution in [0.5, 0.6) is 0 Å². The van der Waals surface area contributed by atoms with Gasteiger partial charge in [0.25, 0.3) is 0 Å². The number of tetrazole rings is 1. The molecular weight excluding hydrogens is 368 g/mol. The summed E-state index contributed by atoms with van der Waals surface area (Å²) in [6, 6.07) is 17.2. The van der Waals surface area contributed by atoms with Crippen molar-refractivity contribution in [1.29, 1.82) is 0 Å². The first kappa shape index (κ1) is 18.8. The number of likely N-dealkylation sites (tertiary alicyclic amines) is 1. The molecule has 1 aromatic heterocycles. The second-order valence-corrected chi connectivity index (χ2v) is 7.29. The lowest BCUT2D eigenvalue weighted by molar-refractivity contribution is -0.135. The zero-order valence-corrected chi connectivity index (χ0v) is 15.9. The van der Waals surface area contributed by atoms with E-state index in [0.29, 0.717) is 32.4 Å². The van der Waals surface area contributed by atoms with Gasteiger partial charge < -0.3 is 10.6 Å². The second-order valence-electron chi connectivity index (χ2n) is 7.29. The van der Waals surface area contributed by atoms with Gasteiger partial charge in [-0.1, -0.05) is 42.5 Å². The number of aromatic nitrogens is 4. The van der Waals surface area contributed by atoms with Crippen LogP contribution in [0.2, 0.25) is 0 Å². The third-order valence-electron chi connectivity index (χ3n) is 5.67. The minimum absolute atomic E-state index is 0.0475. The summed E-state index contributed by atoms with van der Waals surface area (Å²) < 4.78 is 1.56. The number of piperidine rings is 1. The fourth-order valence-electron chi connectivity index (χ4n) is 3.90. The van der Waals surface area contributed by atoms with Gasteiger partial charge in [-0.05, 0) is 46.5 Å². The molecule has 0 spiro atoms. The lowest BCUT2D eigenvalue weighted by Crippen LogP contribution is -2.51. The van der Waals surface area contributed by atoms with E-state index in [9.17, 15) is 9.59 Å². The Hall–Kier alpha value is -3.55. The maximum atomic E-state index is 12.8. The van der Waals surface area contributed by atoms with E-state index in [2.05, 4.69) is 15.5 Å². The molecule has 2 amide bonds. The highest BCUT2D eigenvalue weighted by atomic mass is 16.2. The summed E-state index contributed by atoms with van der Waals surface area (Å²) in [6.45, 7) is 1.03. The van der Waals surface area contributed by atoms with Gasteiger partial charge in [-0.2, -0.15) is 0 Å². The Balaban J connectivity index is 1.40. The number of amides is 2. The Kier molecular flexibility index (Phi) is 5.07. The maximum absolute atomic E-state index is 12.8. The standard InChI is InChI=1S/C21H22N6O2/c22-20(29)21(17-4-2-1-3-5-17)10-12-26(13-11-21)19(28)14-16-6-8-18(9-7-16)27-15-23-24-25-27/h1-9,15H,10-14H2,(H2,22,29). The molecule has 8 nitrogen and oxygen atoms in total. The first-order valence-electron chi connectivity index (χ1n) is 9.54. The summed E-state index contributed by atoms with van der Waals surface area (Å²) >= 11 is 0. The first-order valence-corrected chi connectivity index (χ1v) is 9.54. The highest BCUT2D eigenvalue weighted by molar-refractivity contribution is 5.87. The predicted octanol–water partition coefficient (Wildman–Crippen LogP) is 1.25. The zero-order chi connectivity index (χ0) is 20.3. The number of hydrogen-bond donors (Lipinski definition) is 1. The fraction of sp³-hybridized carbons (Fsp3) is 0.286. The van der Waals surface area contributed by atoms with Crippen LogP contribution < -0.4 is 5.73 Å². The van der Waals surface area contributed by atoms with Crippen LogP contribution in [0.1, 0.15) is 24.0 Å². The van der Waals surface area contributed by atoms with E-state index in [4.69, 9.17) is 5.73 Å². The van der Waals surface area contributed by atoms with Gasteiger partial charge in [-0.15, -0.1) is 5.10 Å². The van der Waals surface area contributed by atoms with Gasteiger partial charge in [0.1, 0.15) is 6.33 Å². The average molecular weight is 390 g/mol. The molecule has 0 aliphatic carbocycles. The zero-order valence-electron chi connectivity index (χ0n) is 15.9. The molecule has 0 saturated carbocycles. The molecule has 1 saturated heterocycles. The summed E-state index contributed by atoms with van der Waals surface area (Å²) in [5.74, 6) is -0.278. The average Bonchev–Trinajstić information content (AvgIpc) is 3.30. The molecule has 2 heterocycles. The molecule has 8 heteroatoms. The van der Waals surface area contributed by atoms with Crippen molar-refractivity contribution in [3.8, 4) is 5.69 Å². The summed E-state index contributed by atoms with van der Waals surface area (Å²) in [5, 5.41) is 11.1. The third kappa shape index (κ3) is 3.73. The Labute approximate surface area is 168 Å². The monoisotopic (exact) mass is 390 g/mol. The van der Waals surface area contributed by atoms with Gasteiger partial charge in [0.15, 0.2) is 0 Å². The summed E-state index contributed by atoms with van der Waals surface area (Å²) in [7, 11) is 0. The van der Waals surface area contributed by atoms with E-state index in [1.807, 2.05) is 59.5 Å². The van der Waals surface area contributed by atoms with E-state index in [1.165, 1.54) is 6.33 Å². The number of nitrogens with two attached hydrogens (primary N) is 1. The summed E-state index contributed by atoms with van der Waals surface area (Å²) in [6.07, 6.45) is 2.91. The molecule has 1 aliphatic rings. The molecule has 0 atom stereocenters. The molecule has 4 rings (SSSR count). The molecular formula is C21H22N6O2. The Morgan fingerprint density at radius 1 is 1.00 bits per heavy atom. The van der Waals surface area contributed by atoms with Crippen molar-refractivity contribution >= 4 is 11.8 Å².